The SMILES string of the molecule is Nc1nc(COc2ccc([N+](=O)[O-])cc2F)cs1. The lowest BCUT2D eigenvalue weighted by Gasteiger charge is -2.04. The summed E-state index contributed by atoms with van der Waals surface area (Å²) in [5.74, 6) is -0.848. The number of nitro groups is 1. The maximum absolute atomic E-state index is 13.4. The minimum absolute atomic E-state index is 0.0580. The van der Waals surface area contributed by atoms with Gasteiger partial charge < -0.3 is 10.5 Å². The fraction of sp³-hybridized carbons (Fsp3) is 0.100. The van der Waals surface area contributed by atoms with Gasteiger partial charge in [-0.1, -0.05) is 0 Å². The van der Waals surface area contributed by atoms with Gasteiger partial charge in [0.25, 0.3) is 5.69 Å². The van der Waals surface area contributed by atoms with Gasteiger partial charge in [-0.15, -0.1) is 11.3 Å². The van der Waals surface area contributed by atoms with Crippen LogP contribution in [0.1, 0.15) is 5.69 Å². The Labute approximate surface area is 105 Å². The molecule has 0 amide bonds. The monoisotopic (exact) mass is 269 g/mol. The molecule has 0 saturated carbocycles. The molecule has 18 heavy (non-hydrogen) atoms. The van der Waals surface area contributed by atoms with Crippen molar-refractivity contribution in [2.45, 2.75) is 6.61 Å². The van der Waals surface area contributed by atoms with Crippen LogP contribution in [0.3, 0.4) is 0 Å². The van der Waals surface area contributed by atoms with Gasteiger partial charge in [-0.05, 0) is 6.07 Å². The number of benzene rings is 1. The molecule has 0 bridgehead atoms. The van der Waals surface area contributed by atoms with Crippen LogP contribution in [-0.2, 0) is 6.61 Å². The van der Waals surface area contributed by atoms with Crippen LogP contribution >= 0.6 is 11.3 Å². The van der Waals surface area contributed by atoms with Crippen molar-refractivity contribution in [3.63, 3.8) is 0 Å². The average Bonchev–Trinajstić information content (AvgIpc) is 2.73. The van der Waals surface area contributed by atoms with Crippen LogP contribution in [0.5, 0.6) is 5.75 Å². The number of thiazole rings is 1. The summed E-state index contributed by atoms with van der Waals surface area (Å²) in [6.07, 6.45) is 0. The highest BCUT2D eigenvalue weighted by molar-refractivity contribution is 7.13. The molecule has 0 atom stereocenters. The third-order valence-electron chi connectivity index (χ3n) is 2.07. The topological polar surface area (TPSA) is 91.3 Å². The number of halogens is 1. The van der Waals surface area contributed by atoms with E-state index in [1.807, 2.05) is 0 Å². The average molecular weight is 269 g/mol. The van der Waals surface area contributed by atoms with E-state index in [1.165, 1.54) is 23.5 Å². The fourth-order valence-corrected chi connectivity index (χ4v) is 1.81. The Morgan fingerprint density at radius 3 is 2.89 bits per heavy atom. The molecule has 2 aromatic rings. The molecule has 94 valence electrons. The van der Waals surface area contributed by atoms with E-state index in [4.69, 9.17) is 10.5 Å². The molecule has 0 aliphatic carbocycles. The van der Waals surface area contributed by atoms with Crippen LogP contribution in [0.4, 0.5) is 15.2 Å². The van der Waals surface area contributed by atoms with E-state index in [9.17, 15) is 14.5 Å². The molecule has 1 heterocycles. The second-order valence-corrected chi connectivity index (χ2v) is 4.23. The van der Waals surface area contributed by atoms with E-state index >= 15 is 0 Å². The summed E-state index contributed by atoms with van der Waals surface area (Å²) in [4.78, 5) is 13.7. The minimum atomic E-state index is -0.785. The summed E-state index contributed by atoms with van der Waals surface area (Å²) < 4.78 is 18.6. The van der Waals surface area contributed by atoms with E-state index < -0.39 is 10.7 Å². The van der Waals surface area contributed by atoms with E-state index in [-0.39, 0.29) is 18.0 Å². The molecular weight excluding hydrogens is 261 g/mol. The maximum atomic E-state index is 13.4. The number of nitrogen functional groups attached to an aromatic ring is 1. The molecule has 2 N–H and O–H groups in total. The number of nitro benzene ring substituents is 1. The lowest BCUT2D eigenvalue weighted by Crippen LogP contribution is -1.99. The number of anilines is 1. The summed E-state index contributed by atoms with van der Waals surface area (Å²) in [6.45, 7) is 0.0580. The smallest absolute Gasteiger partial charge is 0.272 e. The fourth-order valence-electron chi connectivity index (χ4n) is 1.26. The van der Waals surface area contributed by atoms with Gasteiger partial charge in [0.05, 0.1) is 16.7 Å². The molecule has 0 radical (unpaired) electrons. The Bertz CT molecular complexity index is 587. The van der Waals surface area contributed by atoms with Crippen molar-refractivity contribution >= 4 is 22.2 Å². The number of nitrogens with zero attached hydrogens (tertiary/aromatic N) is 2. The number of aromatic nitrogens is 1. The molecule has 0 unspecified atom stereocenters. The number of ether oxygens (including phenoxy) is 1. The molecule has 0 aliphatic heterocycles. The zero-order valence-corrected chi connectivity index (χ0v) is 9.82. The van der Waals surface area contributed by atoms with Crippen molar-refractivity contribution in [3.8, 4) is 5.75 Å². The molecule has 0 aliphatic rings. The zero-order chi connectivity index (χ0) is 13.1. The van der Waals surface area contributed by atoms with Gasteiger partial charge in [-0.2, -0.15) is 0 Å². The lowest BCUT2D eigenvalue weighted by molar-refractivity contribution is -0.385. The van der Waals surface area contributed by atoms with E-state index in [2.05, 4.69) is 4.98 Å². The van der Waals surface area contributed by atoms with Gasteiger partial charge in [0, 0.05) is 11.4 Å². The van der Waals surface area contributed by atoms with Crippen molar-refractivity contribution in [1.29, 1.82) is 0 Å². The first-order chi connectivity index (χ1) is 8.56. The Morgan fingerprint density at radius 1 is 1.56 bits per heavy atom. The number of hydrogen-bond donors (Lipinski definition) is 1. The van der Waals surface area contributed by atoms with Crippen LogP contribution in [-0.4, -0.2) is 9.91 Å². The first-order valence-corrected chi connectivity index (χ1v) is 5.71. The number of non-ortho nitro benzene ring substituents is 1. The van der Waals surface area contributed by atoms with Crippen molar-refractivity contribution in [3.05, 3.63) is 45.2 Å². The predicted octanol–water partition coefficient (Wildman–Crippen LogP) is 2.35. The summed E-state index contributed by atoms with van der Waals surface area (Å²) in [5.41, 5.74) is 5.69. The third kappa shape index (κ3) is 2.72. The third-order valence-corrected chi connectivity index (χ3v) is 2.79. The normalized spacial score (nSPS) is 10.3. The Kier molecular flexibility index (Phi) is 3.38. The van der Waals surface area contributed by atoms with Gasteiger partial charge in [0.15, 0.2) is 16.7 Å². The quantitative estimate of drug-likeness (QED) is 0.679. The maximum Gasteiger partial charge on any atom is 0.272 e. The van der Waals surface area contributed by atoms with Gasteiger partial charge in [0.1, 0.15) is 6.61 Å². The molecule has 1 aromatic carbocycles. The van der Waals surface area contributed by atoms with E-state index in [0.717, 1.165) is 6.07 Å². The van der Waals surface area contributed by atoms with Crippen LogP contribution in [0, 0.1) is 15.9 Å². The van der Waals surface area contributed by atoms with Crippen LogP contribution < -0.4 is 10.5 Å². The molecular formula is C10H8FN3O3S. The zero-order valence-electron chi connectivity index (χ0n) is 9.00. The van der Waals surface area contributed by atoms with Gasteiger partial charge in [-0.25, -0.2) is 9.37 Å². The molecule has 0 spiro atoms. The van der Waals surface area contributed by atoms with Crippen LogP contribution in [0.15, 0.2) is 23.6 Å². The summed E-state index contributed by atoms with van der Waals surface area (Å²) in [7, 11) is 0. The minimum Gasteiger partial charge on any atom is -0.484 e. The molecule has 0 fully saturated rings. The van der Waals surface area contributed by atoms with E-state index in [0.29, 0.717) is 10.8 Å². The molecule has 8 heteroatoms. The van der Waals surface area contributed by atoms with Crippen molar-refractivity contribution < 1.29 is 14.1 Å². The Hall–Kier alpha value is -2.22. The van der Waals surface area contributed by atoms with Gasteiger partial charge >= 0.3 is 0 Å². The standard InChI is InChI=1S/C10H8FN3O3S/c11-8-3-7(14(15)16)1-2-9(8)17-4-6-5-18-10(12)13-6/h1-3,5H,4H2,(H2,12,13). The number of hydrogen-bond acceptors (Lipinski definition) is 6. The molecule has 6 nitrogen and oxygen atoms in total. The largest absolute Gasteiger partial charge is 0.484 e. The molecule has 2 rings (SSSR count). The first-order valence-electron chi connectivity index (χ1n) is 4.83. The number of rotatable bonds is 4. The summed E-state index contributed by atoms with van der Waals surface area (Å²) >= 11 is 1.25. The second-order valence-electron chi connectivity index (χ2n) is 3.34. The van der Waals surface area contributed by atoms with Crippen LogP contribution in [0.25, 0.3) is 0 Å². The van der Waals surface area contributed by atoms with Crippen molar-refractivity contribution in [2.24, 2.45) is 0 Å². The highest BCUT2D eigenvalue weighted by atomic mass is 32.1. The van der Waals surface area contributed by atoms with Crippen molar-refractivity contribution in [2.75, 3.05) is 5.73 Å². The van der Waals surface area contributed by atoms with E-state index in [1.54, 1.807) is 5.38 Å². The second kappa shape index (κ2) is 4.96. The highest BCUT2D eigenvalue weighted by Gasteiger charge is 2.12. The Morgan fingerprint density at radius 2 is 2.33 bits per heavy atom. The number of nitrogens with two attached hydrogens (primary N) is 1. The van der Waals surface area contributed by atoms with Gasteiger partial charge in [0.2, 0.25) is 0 Å². The molecule has 1 aromatic heterocycles. The predicted molar refractivity (Wildman–Crippen MR) is 63.9 cm³/mol. The highest BCUT2D eigenvalue weighted by Crippen LogP contribution is 2.23. The van der Waals surface area contributed by atoms with Gasteiger partial charge in [-0.3, -0.25) is 10.1 Å². The molecule has 0 saturated heterocycles. The summed E-state index contributed by atoms with van der Waals surface area (Å²) in [6, 6.07) is 3.20. The van der Waals surface area contributed by atoms with Crippen molar-refractivity contribution in [1.82, 2.24) is 4.98 Å². The van der Waals surface area contributed by atoms with Crippen LogP contribution in [0.2, 0.25) is 0 Å². The lowest BCUT2D eigenvalue weighted by atomic mass is 10.3. The Balaban J connectivity index is 2.08. The first kappa shape index (κ1) is 12.2. The summed E-state index contributed by atoms with van der Waals surface area (Å²) in [5, 5.41) is 12.5.